The van der Waals surface area contributed by atoms with Crippen molar-refractivity contribution in [3.8, 4) is 0 Å². The van der Waals surface area contributed by atoms with Gasteiger partial charge in [-0.2, -0.15) is 4.98 Å². The zero-order valence-electron chi connectivity index (χ0n) is 12.8. The van der Waals surface area contributed by atoms with Gasteiger partial charge in [-0.25, -0.2) is 0 Å². The van der Waals surface area contributed by atoms with Crippen LogP contribution in [0.5, 0.6) is 0 Å². The molecule has 1 atom stereocenters. The van der Waals surface area contributed by atoms with Crippen LogP contribution in [0.4, 0.5) is 0 Å². The second-order valence-electron chi connectivity index (χ2n) is 5.94. The summed E-state index contributed by atoms with van der Waals surface area (Å²) in [4.78, 5) is 4.52. The van der Waals surface area contributed by atoms with E-state index in [0.717, 1.165) is 6.54 Å². The van der Waals surface area contributed by atoms with Crippen molar-refractivity contribution in [3.05, 3.63) is 46.6 Å². The number of aryl methyl sites for hydroxylation is 2. The Morgan fingerprint density at radius 1 is 1.24 bits per heavy atom. The summed E-state index contributed by atoms with van der Waals surface area (Å²) >= 11 is 0. The van der Waals surface area contributed by atoms with E-state index in [1.807, 2.05) is 6.92 Å². The predicted molar refractivity (Wildman–Crippen MR) is 79.2 cm³/mol. The second-order valence-corrected chi connectivity index (χ2v) is 5.94. The Kier molecular flexibility index (Phi) is 3.78. The molecule has 5 nitrogen and oxygen atoms in total. The maximum absolute atomic E-state index is 5.79. The fourth-order valence-corrected chi connectivity index (χ4v) is 2.76. The van der Waals surface area contributed by atoms with Crippen molar-refractivity contribution in [2.75, 3.05) is 19.7 Å². The average Bonchev–Trinajstić information content (AvgIpc) is 2.87. The maximum atomic E-state index is 5.79. The van der Waals surface area contributed by atoms with E-state index >= 15 is 0 Å². The minimum absolute atomic E-state index is 0.522. The highest BCUT2D eigenvalue weighted by Gasteiger charge is 2.35. The highest BCUT2D eigenvalue weighted by molar-refractivity contribution is 5.30. The van der Waals surface area contributed by atoms with E-state index in [1.54, 1.807) is 0 Å². The molecule has 1 aromatic heterocycles. The standard InChI is InChI=1S/C16H21N3O2/c1-11-6-12(2)8-13(7-11)9-14-18-15(21-19-14)16(3)10-17-4-5-20-16/h6-8,17H,4-5,9-10H2,1-3H3. The molecule has 1 fully saturated rings. The van der Waals surface area contributed by atoms with Crippen LogP contribution >= 0.6 is 0 Å². The first-order valence-corrected chi connectivity index (χ1v) is 7.30. The molecule has 0 bridgehead atoms. The Bertz CT molecular complexity index is 610. The SMILES string of the molecule is Cc1cc(C)cc(Cc2noc(C3(C)CNCCO3)n2)c1. The highest BCUT2D eigenvalue weighted by atomic mass is 16.5. The molecule has 3 rings (SSSR count). The molecule has 0 spiro atoms. The molecular formula is C16H21N3O2. The molecule has 1 saturated heterocycles. The second kappa shape index (κ2) is 5.58. The largest absolute Gasteiger partial charge is 0.363 e. The van der Waals surface area contributed by atoms with Gasteiger partial charge < -0.3 is 14.6 Å². The molecule has 2 heterocycles. The quantitative estimate of drug-likeness (QED) is 0.937. The normalized spacial score (nSPS) is 22.4. The Balaban J connectivity index is 1.78. The Hall–Kier alpha value is -1.72. The topological polar surface area (TPSA) is 60.2 Å². The zero-order valence-corrected chi connectivity index (χ0v) is 12.8. The van der Waals surface area contributed by atoms with E-state index in [4.69, 9.17) is 9.26 Å². The van der Waals surface area contributed by atoms with Crippen LogP contribution in [0.3, 0.4) is 0 Å². The van der Waals surface area contributed by atoms with Gasteiger partial charge in [0.05, 0.1) is 6.61 Å². The number of morpholine rings is 1. The van der Waals surface area contributed by atoms with Crippen LogP contribution in [0.2, 0.25) is 0 Å². The molecule has 1 N–H and O–H groups in total. The number of hydrogen-bond acceptors (Lipinski definition) is 5. The van der Waals surface area contributed by atoms with Crippen LogP contribution in [-0.4, -0.2) is 29.8 Å². The number of benzene rings is 1. The van der Waals surface area contributed by atoms with Gasteiger partial charge in [-0.1, -0.05) is 34.5 Å². The number of rotatable bonds is 3. The minimum Gasteiger partial charge on any atom is -0.363 e. The van der Waals surface area contributed by atoms with Crippen molar-refractivity contribution >= 4 is 0 Å². The summed E-state index contributed by atoms with van der Waals surface area (Å²) < 4.78 is 11.2. The van der Waals surface area contributed by atoms with Gasteiger partial charge in [0.15, 0.2) is 11.4 Å². The average molecular weight is 287 g/mol. The Labute approximate surface area is 124 Å². The molecular weight excluding hydrogens is 266 g/mol. The van der Waals surface area contributed by atoms with E-state index in [0.29, 0.717) is 31.3 Å². The van der Waals surface area contributed by atoms with Gasteiger partial charge >= 0.3 is 0 Å². The van der Waals surface area contributed by atoms with Gasteiger partial charge in [0, 0.05) is 19.5 Å². The summed E-state index contributed by atoms with van der Waals surface area (Å²) in [6.07, 6.45) is 0.676. The molecule has 0 radical (unpaired) electrons. The monoisotopic (exact) mass is 287 g/mol. The number of ether oxygens (including phenoxy) is 1. The lowest BCUT2D eigenvalue weighted by atomic mass is 10.0. The first-order valence-electron chi connectivity index (χ1n) is 7.30. The first-order chi connectivity index (χ1) is 10.0. The van der Waals surface area contributed by atoms with Crippen LogP contribution in [0.25, 0.3) is 0 Å². The molecule has 0 amide bonds. The van der Waals surface area contributed by atoms with Gasteiger partial charge in [0.25, 0.3) is 5.89 Å². The summed E-state index contributed by atoms with van der Waals surface area (Å²) in [7, 11) is 0. The van der Waals surface area contributed by atoms with Crippen LogP contribution in [-0.2, 0) is 16.8 Å². The van der Waals surface area contributed by atoms with Crippen LogP contribution in [0.1, 0.15) is 35.3 Å². The van der Waals surface area contributed by atoms with E-state index in [9.17, 15) is 0 Å². The van der Waals surface area contributed by atoms with Crippen LogP contribution < -0.4 is 5.32 Å². The zero-order chi connectivity index (χ0) is 14.9. The van der Waals surface area contributed by atoms with E-state index in [-0.39, 0.29) is 0 Å². The molecule has 0 saturated carbocycles. The summed E-state index contributed by atoms with van der Waals surface area (Å²) in [5.74, 6) is 1.25. The lowest BCUT2D eigenvalue weighted by molar-refractivity contribution is -0.0767. The Morgan fingerprint density at radius 3 is 2.67 bits per heavy atom. The third-order valence-corrected chi connectivity index (χ3v) is 3.73. The molecule has 112 valence electrons. The van der Waals surface area contributed by atoms with Crippen molar-refractivity contribution in [2.45, 2.75) is 32.8 Å². The summed E-state index contributed by atoms with van der Waals surface area (Å²) in [6.45, 7) is 8.39. The van der Waals surface area contributed by atoms with Crippen molar-refractivity contribution < 1.29 is 9.26 Å². The molecule has 2 aromatic rings. The summed E-state index contributed by atoms with van der Waals surface area (Å²) in [5, 5.41) is 7.39. The highest BCUT2D eigenvalue weighted by Crippen LogP contribution is 2.25. The van der Waals surface area contributed by atoms with E-state index < -0.39 is 5.60 Å². The third kappa shape index (κ3) is 3.14. The predicted octanol–water partition coefficient (Wildman–Crippen LogP) is 2.11. The minimum atomic E-state index is -0.522. The third-order valence-electron chi connectivity index (χ3n) is 3.73. The lowest BCUT2D eigenvalue weighted by Gasteiger charge is -2.30. The fourth-order valence-electron chi connectivity index (χ4n) is 2.76. The smallest absolute Gasteiger partial charge is 0.259 e. The lowest BCUT2D eigenvalue weighted by Crippen LogP contribution is -2.45. The number of hydrogen-bond donors (Lipinski definition) is 1. The molecule has 1 unspecified atom stereocenters. The number of nitrogens with one attached hydrogen (secondary N) is 1. The van der Waals surface area contributed by atoms with Crippen LogP contribution in [0.15, 0.2) is 22.7 Å². The number of nitrogens with zero attached hydrogens (tertiary/aromatic N) is 2. The molecule has 1 aromatic carbocycles. The molecule has 1 aliphatic heterocycles. The first kappa shape index (κ1) is 14.2. The number of aromatic nitrogens is 2. The molecule has 0 aliphatic carbocycles. The fraction of sp³-hybridized carbons (Fsp3) is 0.500. The van der Waals surface area contributed by atoms with Crippen molar-refractivity contribution in [2.24, 2.45) is 0 Å². The van der Waals surface area contributed by atoms with Gasteiger partial charge in [-0.3, -0.25) is 0 Å². The van der Waals surface area contributed by atoms with E-state index in [2.05, 4.69) is 47.5 Å². The molecule has 21 heavy (non-hydrogen) atoms. The van der Waals surface area contributed by atoms with Crippen molar-refractivity contribution in [1.29, 1.82) is 0 Å². The van der Waals surface area contributed by atoms with Crippen molar-refractivity contribution in [3.63, 3.8) is 0 Å². The van der Waals surface area contributed by atoms with Gasteiger partial charge in [0.2, 0.25) is 0 Å². The summed E-state index contributed by atoms with van der Waals surface area (Å²) in [6, 6.07) is 6.47. The van der Waals surface area contributed by atoms with Gasteiger partial charge in [-0.05, 0) is 26.3 Å². The van der Waals surface area contributed by atoms with E-state index in [1.165, 1.54) is 16.7 Å². The Morgan fingerprint density at radius 2 is 2.00 bits per heavy atom. The molecule has 1 aliphatic rings. The van der Waals surface area contributed by atoms with Gasteiger partial charge in [0.1, 0.15) is 0 Å². The summed E-state index contributed by atoms with van der Waals surface area (Å²) in [5.41, 5.74) is 3.18. The molecule has 5 heteroatoms. The van der Waals surface area contributed by atoms with Crippen molar-refractivity contribution in [1.82, 2.24) is 15.5 Å². The van der Waals surface area contributed by atoms with Crippen LogP contribution in [0, 0.1) is 13.8 Å². The maximum Gasteiger partial charge on any atom is 0.259 e. The van der Waals surface area contributed by atoms with Gasteiger partial charge in [-0.15, -0.1) is 0 Å².